The summed E-state index contributed by atoms with van der Waals surface area (Å²) in [7, 11) is 0. The topological polar surface area (TPSA) is 78.4 Å². The highest BCUT2D eigenvalue weighted by Gasteiger charge is 2.17. The van der Waals surface area contributed by atoms with Gasteiger partial charge in [0, 0.05) is 25.5 Å². The van der Waals surface area contributed by atoms with Crippen molar-refractivity contribution in [1.29, 1.82) is 0 Å². The lowest BCUT2D eigenvalue weighted by Gasteiger charge is -2.21. The number of amides is 2. The molecule has 0 aromatic rings. The normalized spacial score (nSPS) is 10.9. The molecular formula is C9H18N2O3. The Balaban J connectivity index is 3.69. The summed E-state index contributed by atoms with van der Waals surface area (Å²) < 4.78 is 0. The van der Waals surface area contributed by atoms with E-state index in [9.17, 15) is 9.59 Å². The van der Waals surface area contributed by atoms with Gasteiger partial charge < -0.3 is 15.7 Å². The molecule has 5 heteroatoms. The van der Waals surface area contributed by atoms with Gasteiger partial charge in [0.15, 0.2) is 0 Å². The van der Waals surface area contributed by atoms with Gasteiger partial charge in [-0.2, -0.15) is 0 Å². The van der Waals surface area contributed by atoms with Gasteiger partial charge in [-0.15, -0.1) is 0 Å². The molecular weight excluding hydrogens is 184 g/mol. The summed E-state index contributed by atoms with van der Waals surface area (Å²) in [5.41, 5.74) is -0.327. The number of hydrogen-bond acceptors (Lipinski definition) is 3. The molecule has 0 spiro atoms. The highest BCUT2D eigenvalue weighted by molar-refractivity contribution is 5.83. The quantitative estimate of drug-likeness (QED) is 0.549. The van der Waals surface area contributed by atoms with Crippen LogP contribution in [0.2, 0.25) is 0 Å². The summed E-state index contributed by atoms with van der Waals surface area (Å²) in [6.07, 6.45) is 0. The van der Waals surface area contributed by atoms with Gasteiger partial charge >= 0.3 is 0 Å². The van der Waals surface area contributed by atoms with E-state index in [0.29, 0.717) is 6.54 Å². The Morgan fingerprint density at radius 2 is 1.86 bits per heavy atom. The second-order valence-electron chi connectivity index (χ2n) is 4.01. The zero-order valence-electron chi connectivity index (χ0n) is 8.89. The number of aliphatic hydroxyl groups is 1. The van der Waals surface area contributed by atoms with Gasteiger partial charge in [-0.05, 0) is 0 Å². The van der Waals surface area contributed by atoms with Crippen molar-refractivity contribution in [3.8, 4) is 0 Å². The minimum atomic E-state index is -0.327. The molecule has 0 saturated heterocycles. The fourth-order valence-corrected chi connectivity index (χ4v) is 0.661. The van der Waals surface area contributed by atoms with Crippen LogP contribution in [0.4, 0.5) is 0 Å². The van der Waals surface area contributed by atoms with Crippen LogP contribution in [0.3, 0.4) is 0 Å². The molecule has 0 rings (SSSR count). The highest BCUT2D eigenvalue weighted by Crippen LogP contribution is 2.10. The molecule has 2 amide bonds. The molecule has 5 nitrogen and oxygen atoms in total. The van der Waals surface area contributed by atoms with Gasteiger partial charge in [0.05, 0.1) is 6.54 Å². The average molecular weight is 202 g/mol. The van der Waals surface area contributed by atoms with E-state index in [1.165, 1.54) is 6.92 Å². The number of aliphatic hydroxyl groups excluding tert-OH is 1. The van der Waals surface area contributed by atoms with Crippen LogP contribution < -0.4 is 10.6 Å². The summed E-state index contributed by atoms with van der Waals surface area (Å²) in [5, 5.41) is 13.9. The van der Waals surface area contributed by atoms with Crippen molar-refractivity contribution >= 4 is 11.8 Å². The summed E-state index contributed by atoms with van der Waals surface area (Å²) >= 11 is 0. The van der Waals surface area contributed by atoms with Gasteiger partial charge in [-0.1, -0.05) is 13.8 Å². The van der Waals surface area contributed by atoms with Crippen molar-refractivity contribution in [2.45, 2.75) is 20.8 Å². The summed E-state index contributed by atoms with van der Waals surface area (Å²) in [5.74, 6) is -0.483. The Bertz CT molecular complexity index is 214. The molecule has 0 aliphatic rings. The molecule has 0 fully saturated rings. The molecule has 0 aromatic heterocycles. The predicted octanol–water partition coefficient (Wildman–Crippen LogP) is -0.743. The Labute approximate surface area is 83.9 Å². The maximum absolute atomic E-state index is 11.1. The first-order valence-corrected chi connectivity index (χ1v) is 4.49. The molecule has 82 valence electrons. The fourth-order valence-electron chi connectivity index (χ4n) is 0.661. The standard InChI is InChI=1S/C9H18N2O3/c1-7(13)10-4-8(14)11-5-9(2,3)6-12/h12H,4-6H2,1-3H3,(H,10,13)(H,11,14). The van der Waals surface area contributed by atoms with E-state index in [2.05, 4.69) is 10.6 Å². The van der Waals surface area contributed by atoms with Crippen molar-refractivity contribution in [3.05, 3.63) is 0 Å². The largest absolute Gasteiger partial charge is 0.396 e. The third-order valence-electron chi connectivity index (χ3n) is 1.69. The van der Waals surface area contributed by atoms with E-state index in [4.69, 9.17) is 5.11 Å². The Hall–Kier alpha value is -1.10. The van der Waals surface area contributed by atoms with Crippen LogP contribution in [0.5, 0.6) is 0 Å². The van der Waals surface area contributed by atoms with Gasteiger partial charge in [0.1, 0.15) is 0 Å². The van der Waals surface area contributed by atoms with Gasteiger partial charge in [-0.3, -0.25) is 9.59 Å². The number of carbonyl (C=O) groups excluding carboxylic acids is 2. The van der Waals surface area contributed by atoms with E-state index in [1.807, 2.05) is 13.8 Å². The number of hydrogen-bond donors (Lipinski definition) is 3. The molecule has 0 aliphatic carbocycles. The average Bonchev–Trinajstić information content (AvgIpc) is 2.11. The van der Waals surface area contributed by atoms with Crippen LogP contribution in [0.25, 0.3) is 0 Å². The first kappa shape index (κ1) is 12.9. The number of nitrogens with one attached hydrogen (secondary N) is 2. The molecule has 0 saturated carbocycles. The summed E-state index contributed by atoms with van der Waals surface area (Å²) in [6.45, 7) is 5.41. The monoisotopic (exact) mass is 202 g/mol. The predicted molar refractivity (Wildman–Crippen MR) is 52.6 cm³/mol. The van der Waals surface area contributed by atoms with Crippen molar-refractivity contribution in [3.63, 3.8) is 0 Å². The SMILES string of the molecule is CC(=O)NCC(=O)NCC(C)(C)CO. The Kier molecular flexibility index (Phi) is 5.15. The Morgan fingerprint density at radius 1 is 1.29 bits per heavy atom. The molecule has 14 heavy (non-hydrogen) atoms. The lowest BCUT2D eigenvalue weighted by molar-refractivity contribution is -0.125. The third kappa shape index (κ3) is 6.42. The second kappa shape index (κ2) is 5.59. The van der Waals surface area contributed by atoms with Crippen LogP contribution >= 0.6 is 0 Å². The minimum absolute atomic E-state index is 0.00736. The first-order chi connectivity index (χ1) is 6.37. The number of carbonyl (C=O) groups is 2. The maximum atomic E-state index is 11.1. The van der Waals surface area contributed by atoms with Crippen LogP contribution in [-0.2, 0) is 9.59 Å². The zero-order valence-corrected chi connectivity index (χ0v) is 8.89. The first-order valence-electron chi connectivity index (χ1n) is 4.49. The smallest absolute Gasteiger partial charge is 0.239 e. The third-order valence-corrected chi connectivity index (χ3v) is 1.69. The molecule has 0 aliphatic heterocycles. The molecule has 0 unspecified atom stereocenters. The second-order valence-corrected chi connectivity index (χ2v) is 4.01. The molecule has 3 N–H and O–H groups in total. The zero-order chi connectivity index (χ0) is 11.2. The van der Waals surface area contributed by atoms with E-state index in [1.54, 1.807) is 0 Å². The summed E-state index contributed by atoms with van der Waals surface area (Å²) in [4.78, 5) is 21.6. The minimum Gasteiger partial charge on any atom is -0.396 e. The molecule has 0 heterocycles. The van der Waals surface area contributed by atoms with Crippen LogP contribution in [0.15, 0.2) is 0 Å². The van der Waals surface area contributed by atoms with Crippen molar-refractivity contribution in [2.24, 2.45) is 5.41 Å². The van der Waals surface area contributed by atoms with E-state index >= 15 is 0 Å². The lowest BCUT2D eigenvalue weighted by atomic mass is 9.95. The van der Waals surface area contributed by atoms with Crippen LogP contribution in [0, 0.1) is 5.41 Å². The Morgan fingerprint density at radius 3 is 2.29 bits per heavy atom. The van der Waals surface area contributed by atoms with Crippen molar-refractivity contribution < 1.29 is 14.7 Å². The van der Waals surface area contributed by atoms with Gasteiger partial charge in [-0.25, -0.2) is 0 Å². The summed E-state index contributed by atoms with van der Waals surface area (Å²) in [6, 6.07) is 0. The van der Waals surface area contributed by atoms with Crippen LogP contribution in [0.1, 0.15) is 20.8 Å². The van der Waals surface area contributed by atoms with Gasteiger partial charge in [0.25, 0.3) is 0 Å². The van der Waals surface area contributed by atoms with Gasteiger partial charge in [0.2, 0.25) is 11.8 Å². The maximum Gasteiger partial charge on any atom is 0.239 e. The molecule has 0 radical (unpaired) electrons. The molecule has 0 bridgehead atoms. The fraction of sp³-hybridized carbons (Fsp3) is 0.778. The molecule has 0 aromatic carbocycles. The van der Waals surface area contributed by atoms with E-state index in [0.717, 1.165) is 0 Å². The highest BCUT2D eigenvalue weighted by atomic mass is 16.3. The van der Waals surface area contributed by atoms with E-state index in [-0.39, 0.29) is 30.4 Å². The van der Waals surface area contributed by atoms with Crippen molar-refractivity contribution in [1.82, 2.24) is 10.6 Å². The molecule has 0 atom stereocenters. The van der Waals surface area contributed by atoms with Crippen molar-refractivity contribution in [2.75, 3.05) is 19.7 Å². The lowest BCUT2D eigenvalue weighted by Crippen LogP contribution is -2.41. The van der Waals surface area contributed by atoms with E-state index < -0.39 is 0 Å². The number of rotatable bonds is 5. The van der Waals surface area contributed by atoms with Crippen LogP contribution in [-0.4, -0.2) is 36.6 Å².